The minimum Gasteiger partial charge on any atom is -0.256 e. The predicted octanol–water partition coefficient (Wildman–Crippen LogP) is 9.43. The van der Waals surface area contributed by atoms with Crippen molar-refractivity contribution in [2.45, 2.75) is 39.0 Å². The molecule has 0 fully saturated rings. The maximum atomic E-state index is 4.77. The largest absolute Gasteiger partial charge is 0.256 e. The highest BCUT2D eigenvalue weighted by molar-refractivity contribution is 6.21. The minimum absolute atomic E-state index is 0.0592. The molecule has 0 spiro atoms. The molecule has 4 aromatic carbocycles. The van der Waals surface area contributed by atoms with Crippen LogP contribution in [0.5, 0.6) is 0 Å². The number of pyridine rings is 1. The van der Waals surface area contributed by atoms with Crippen LogP contribution >= 0.6 is 0 Å². The Kier molecular flexibility index (Phi) is 4.60. The van der Waals surface area contributed by atoms with Crippen LogP contribution in [0.15, 0.2) is 103 Å². The van der Waals surface area contributed by atoms with E-state index >= 15 is 0 Å². The van der Waals surface area contributed by atoms with Gasteiger partial charge in [0.05, 0.1) is 5.69 Å². The zero-order chi connectivity index (χ0) is 24.4. The van der Waals surface area contributed by atoms with E-state index in [1.54, 1.807) is 0 Å². The van der Waals surface area contributed by atoms with E-state index in [2.05, 4.69) is 106 Å². The van der Waals surface area contributed by atoms with Crippen molar-refractivity contribution in [1.29, 1.82) is 0 Å². The molecular formula is C35H29N. The van der Waals surface area contributed by atoms with Crippen LogP contribution in [0.3, 0.4) is 0 Å². The van der Waals surface area contributed by atoms with Gasteiger partial charge in [-0.1, -0.05) is 92.2 Å². The number of rotatable bonds is 2. The second kappa shape index (κ2) is 7.77. The molecule has 2 aliphatic carbocycles. The summed E-state index contributed by atoms with van der Waals surface area (Å²) in [4.78, 5) is 4.77. The van der Waals surface area contributed by atoms with Crippen molar-refractivity contribution in [3.63, 3.8) is 0 Å². The molecule has 1 heteroatoms. The topological polar surface area (TPSA) is 12.9 Å². The average molecular weight is 464 g/mol. The second-order valence-electron chi connectivity index (χ2n) is 10.8. The summed E-state index contributed by atoms with van der Waals surface area (Å²) < 4.78 is 0. The van der Waals surface area contributed by atoms with Gasteiger partial charge in [0.1, 0.15) is 0 Å². The quantitative estimate of drug-likeness (QED) is 0.238. The third kappa shape index (κ3) is 2.99. The SMILES string of the molecule is Cc1ccc2c(-c3ccccn3)c3ccccc3c(-c3ccc4c(c3)C3=C(C=CCC3)C4(C)C)c2c1. The summed E-state index contributed by atoms with van der Waals surface area (Å²) in [5.41, 5.74) is 12.1. The van der Waals surface area contributed by atoms with Crippen LogP contribution in [0.25, 0.3) is 49.5 Å². The normalized spacial score (nSPS) is 16.0. The smallest absolute Gasteiger partial charge is 0.0714 e. The Labute approximate surface area is 212 Å². The van der Waals surface area contributed by atoms with Gasteiger partial charge >= 0.3 is 0 Å². The van der Waals surface area contributed by atoms with Gasteiger partial charge in [0, 0.05) is 17.2 Å². The Bertz CT molecular complexity index is 1750. The van der Waals surface area contributed by atoms with Crippen molar-refractivity contribution >= 4 is 27.1 Å². The Morgan fingerprint density at radius 3 is 2.33 bits per heavy atom. The highest BCUT2D eigenvalue weighted by atomic mass is 14.7. The van der Waals surface area contributed by atoms with E-state index in [9.17, 15) is 0 Å². The number of benzene rings is 4. The minimum atomic E-state index is 0.0592. The van der Waals surface area contributed by atoms with Gasteiger partial charge < -0.3 is 0 Å². The molecule has 0 aliphatic heterocycles. The van der Waals surface area contributed by atoms with Crippen LogP contribution in [-0.2, 0) is 5.41 Å². The van der Waals surface area contributed by atoms with E-state index in [4.69, 9.17) is 4.98 Å². The van der Waals surface area contributed by atoms with E-state index in [-0.39, 0.29) is 5.41 Å². The fraction of sp³-hybridized carbons (Fsp3) is 0.171. The van der Waals surface area contributed by atoms with Crippen LogP contribution in [-0.4, -0.2) is 4.98 Å². The standard InChI is InChI=1S/C35H29N/c1-22-15-17-27-29(20-22)33(25-11-4-5-12-26(25)34(27)32-14-8-9-19-36-32)23-16-18-31-28(21-23)24-10-6-7-13-30(24)35(31,2)3/h4-5,7-9,11-21H,6,10H2,1-3H3. The first-order chi connectivity index (χ1) is 17.5. The molecule has 0 unspecified atom stereocenters. The molecule has 1 nitrogen and oxygen atoms in total. The van der Waals surface area contributed by atoms with Crippen LogP contribution < -0.4 is 0 Å². The molecule has 1 heterocycles. The van der Waals surface area contributed by atoms with Gasteiger partial charge in [-0.3, -0.25) is 4.98 Å². The van der Waals surface area contributed by atoms with Crippen LogP contribution in [0.1, 0.15) is 43.4 Å². The molecule has 36 heavy (non-hydrogen) atoms. The average Bonchev–Trinajstić information content (AvgIpc) is 3.14. The maximum Gasteiger partial charge on any atom is 0.0714 e. The Morgan fingerprint density at radius 2 is 1.53 bits per heavy atom. The molecule has 1 aromatic heterocycles. The molecule has 0 radical (unpaired) electrons. The molecule has 2 aliphatic rings. The van der Waals surface area contributed by atoms with Crippen LogP contribution in [0, 0.1) is 6.92 Å². The van der Waals surface area contributed by atoms with E-state index in [1.807, 2.05) is 12.3 Å². The number of aromatic nitrogens is 1. The molecule has 5 aromatic rings. The Balaban J connectivity index is 1.59. The van der Waals surface area contributed by atoms with Crippen molar-refractivity contribution in [2.75, 3.05) is 0 Å². The second-order valence-corrected chi connectivity index (χ2v) is 10.8. The summed E-state index contributed by atoms with van der Waals surface area (Å²) in [7, 11) is 0. The number of nitrogens with zero attached hydrogens (tertiary/aromatic N) is 1. The lowest BCUT2D eigenvalue weighted by Crippen LogP contribution is -2.16. The van der Waals surface area contributed by atoms with Gasteiger partial charge in [-0.15, -0.1) is 0 Å². The third-order valence-corrected chi connectivity index (χ3v) is 8.25. The number of allylic oxidation sites excluding steroid dienone is 4. The molecule has 174 valence electrons. The van der Waals surface area contributed by atoms with Gasteiger partial charge in [-0.2, -0.15) is 0 Å². The van der Waals surface area contributed by atoms with Gasteiger partial charge in [0.25, 0.3) is 0 Å². The van der Waals surface area contributed by atoms with E-state index < -0.39 is 0 Å². The Morgan fingerprint density at radius 1 is 0.750 bits per heavy atom. The lowest BCUT2D eigenvalue weighted by molar-refractivity contribution is 0.651. The molecule has 0 saturated heterocycles. The lowest BCUT2D eigenvalue weighted by Gasteiger charge is -2.24. The summed E-state index contributed by atoms with van der Waals surface area (Å²) in [6.07, 6.45) is 8.86. The Hall–Kier alpha value is -3.97. The van der Waals surface area contributed by atoms with Gasteiger partial charge in [0.2, 0.25) is 0 Å². The number of fused-ring (bicyclic) bond motifs is 4. The monoisotopic (exact) mass is 463 g/mol. The molecular weight excluding hydrogens is 434 g/mol. The highest BCUT2D eigenvalue weighted by Crippen LogP contribution is 2.52. The van der Waals surface area contributed by atoms with Gasteiger partial charge in [-0.25, -0.2) is 0 Å². The summed E-state index contributed by atoms with van der Waals surface area (Å²) >= 11 is 0. The van der Waals surface area contributed by atoms with Gasteiger partial charge in [0.15, 0.2) is 0 Å². The summed E-state index contributed by atoms with van der Waals surface area (Å²) in [6.45, 7) is 6.94. The predicted molar refractivity (Wildman–Crippen MR) is 153 cm³/mol. The first kappa shape index (κ1) is 21.3. The number of hydrogen-bond donors (Lipinski definition) is 0. The zero-order valence-corrected chi connectivity index (χ0v) is 21.1. The lowest BCUT2D eigenvalue weighted by atomic mass is 9.79. The summed E-state index contributed by atoms with van der Waals surface area (Å²) in [6, 6.07) is 29.1. The van der Waals surface area contributed by atoms with Crippen molar-refractivity contribution in [1.82, 2.24) is 4.98 Å². The molecule has 0 atom stereocenters. The fourth-order valence-electron chi connectivity index (χ4n) is 6.56. The van der Waals surface area contributed by atoms with Gasteiger partial charge in [-0.05, 0) is 92.9 Å². The number of aryl methyl sites for hydroxylation is 1. The maximum absolute atomic E-state index is 4.77. The first-order valence-corrected chi connectivity index (χ1v) is 13.0. The molecule has 0 N–H and O–H groups in total. The third-order valence-electron chi connectivity index (χ3n) is 8.25. The van der Waals surface area contributed by atoms with E-state index in [1.165, 1.54) is 66.1 Å². The van der Waals surface area contributed by atoms with Crippen molar-refractivity contribution in [3.05, 3.63) is 119 Å². The van der Waals surface area contributed by atoms with E-state index in [0.717, 1.165) is 18.5 Å². The molecule has 0 bridgehead atoms. The highest BCUT2D eigenvalue weighted by Gasteiger charge is 2.37. The van der Waals surface area contributed by atoms with Crippen LogP contribution in [0.4, 0.5) is 0 Å². The zero-order valence-electron chi connectivity index (χ0n) is 21.1. The van der Waals surface area contributed by atoms with Crippen molar-refractivity contribution in [2.24, 2.45) is 0 Å². The fourth-order valence-corrected chi connectivity index (χ4v) is 6.56. The molecule has 0 saturated carbocycles. The van der Waals surface area contributed by atoms with E-state index in [0.29, 0.717) is 0 Å². The molecule has 7 rings (SSSR count). The summed E-state index contributed by atoms with van der Waals surface area (Å²) in [5.74, 6) is 0. The van der Waals surface area contributed by atoms with Crippen molar-refractivity contribution < 1.29 is 0 Å². The summed E-state index contributed by atoms with van der Waals surface area (Å²) in [5, 5.41) is 5.09. The van der Waals surface area contributed by atoms with Crippen molar-refractivity contribution in [3.8, 4) is 22.4 Å². The molecule has 0 amide bonds. The first-order valence-electron chi connectivity index (χ1n) is 13.0. The number of hydrogen-bond acceptors (Lipinski definition) is 1. The van der Waals surface area contributed by atoms with Crippen LogP contribution in [0.2, 0.25) is 0 Å².